The number of halogens is 2. The molecule has 2 N–H and O–H groups in total. The van der Waals surface area contributed by atoms with E-state index in [4.69, 9.17) is 0 Å². The summed E-state index contributed by atoms with van der Waals surface area (Å²) in [7, 11) is 1.73. The first-order chi connectivity index (χ1) is 11.1. The molecular weight excluding hydrogens is 436 g/mol. The van der Waals surface area contributed by atoms with Crippen molar-refractivity contribution in [2.75, 3.05) is 13.3 Å². The van der Waals surface area contributed by atoms with Crippen LogP contribution >= 0.6 is 35.7 Å². The van der Waals surface area contributed by atoms with Gasteiger partial charge in [-0.05, 0) is 48.1 Å². The van der Waals surface area contributed by atoms with Gasteiger partial charge in [0.05, 0.1) is 0 Å². The molecule has 0 heterocycles. The number of rotatable bonds is 5. The van der Waals surface area contributed by atoms with Crippen molar-refractivity contribution in [1.29, 1.82) is 0 Å². The molecule has 0 aromatic heterocycles. The predicted octanol–water partition coefficient (Wildman–Crippen LogP) is 4.34. The van der Waals surface area contributed by atoms with Gasteiger partial charge in [0.25, 0.3) is 0 Å². The SMILES string of the molecule is CN=C(NCc1cccc(F)c1)NCc1ccc(C)cc1SC.I. The van der Waals surface area contributed by atoms with Crippen molar-refractivity contribution in [2.24, 2.45) is 4.99 Å². The first kappa shape index (κ1) is 20.8. The van der Waals surface area contributed by atoms with Gasteiger partial charge in [0.2, 0.25) is 0 Å². The summed E-state index contributed by atoms with van der Waals surface area (Å²) in [6.07, 6.45) is 2.08. The molecule has 0 saturated heterocycles. The summed E-state index contributed by atoms with van der Waals surface area (Å²) in [5, 5.41) is 6.49. The maximum atomic E-state index is 13.2. The van der Waals surface area contributed by atoms with E-state index in [0.29, 0.717) is 19.0 Å². The third-order valence-corrected chi connectivity index (χ3v) is 4.28. The van der Waals surface area contributed by atoms with Crippen LogP contribution in [0.3, 0.4) is 0 Å². The van der Waals surface area contributed by atoms with Gasteiger partial charge in [0, 0.05) is 25.0 Å². The molecule has 24 heavy (non-hydrogen) atoms. The molecule has 0 spiro atoms. The fourth-order valence-corrected chi connectivity index (χ4v) is 2.94. The van der Waals surface area contributed by atoms with Gasteiger partial charge in [-0.2, -0.15) is 0 Å². The van der Waals surface area contributed by atoms with Crippen molar-refractivity contribution in [1.82, 2.24) is 10.6 Å². The highest BCUT2D eigenvalue weighted by Crippen LogP contribution is 2.21. The Bertz CT molecular complexity index is 692. The highest BCUT2D eigenvalue weighted by atomic mass is 127. The Kier molecular flexibility index (Phi) is 9.13. The van der Waals surface area contributed by atoms with Crippen LogP contribution in [-0.4, -0.2) is 19.3 Å². The van der Waals surface area contributed by atoms with E-state index in [-0.39, 0.29) is 29.8 Å². The van der Waals surface area contributed by atoms with Crippen LogP contribution in [0, 0.1) is 12.7 Å². The van der Waals surface area contributed by atoms with Gasteiger partial charge < -0.3 is 10.6 Å². The Hall–Kier alpha value is -1.28. The molecule has 0 bridgehead atoms. The van der Waals surface area contributed by atoms with Gasteiger partial charge in [0.15, 0.2) is 5.96 Å². The molecule has 2 aromatic rings. The molecule has 0 unspecified atom stereocenters. The first-order valence-electron chi connectivity index (χ1n) is 7.45. The van der Waals surface area contributed by atoms with Crippen LogP contribution < -0.4 is 10.6 Å². The molecule has 3 nitrogen and oxygen atoms in total. The van der Waals surface area contributed by atoms with E-state index in [1.165, 1.54) is 28.2 Å². The molecule has 0 amide bonds. The summed E-state index contributed by atoms with van der Waals surface area (Å²) in [4.78, 5) is 5.47. The van der Waals surface area contributed by atoms with Gasteiger partial charge in [-0.3, -0.25) is 4.99 Å². The van der Waals surface area contributed by atoms with Crippen molar-refractivity contribution >= 4 is 41.7 Å². The molecule has 0 aliphatic carbocycles. The highest BCUT2D eigenvalue weighted by molar-refractivity contribution is 14.0. The van der Waals surface area contributed by atoms with Crippen LogP contribution in [0.2, 0.25) is 0 Å². The highest BCUT2D eigenvalue weighted by Gasteiger charge is 2.04. The lowest BCUT2D eigenvalue weighted by molar-refractivity contribution is 0.624. The number of hydrogen-bond donors (Lipinski definition) is 2. The summed E-state index contributed by atoms with van der Waals surface area (Å²) in [6.45, 7) is 3.32. The van der Waals surface area contributed by atoms with E-state index in [2.05, 4.69) is 47.0 Å². The molecule has 0 fully saturated rings. The zero-order valence-electron chi connectivity index (χ0n) is 14.1. The molecule has 0 aliphatic heterocycles. The monoisotopic (exact) mass is 459 g/mol. The molecule has 0 aliphatic rings. The van der Waals surface area contributed by atoms with Gasteiger partial charge in [-0.25, -0.2) is 4.39 Å². The Balaban J connectivity index is 0.00000288. The standard InChI is InChI=1S/C18H22FN3S.HI/c1-13-7-8-15(17(9-13)23-3)12-22-18(20-2)21-11-14-5-4-6-16(19)10-14;/h4-10H,11-12H2,1-3H3,(H2,20,21,22);1H. The summed E-state index contributed by atoms with van der Waals surface area (Å²) >= 11 is 1.74. The number of guanidine groups is 1. The second kappa shape index (κ2) is 10.6. The zero-order valence-corrected chi connectivity index (χ0v) is 17.2. The molecule has 0 saturated carbocycles. The van der Waals surface area contributed by atoms with Crippen LogP contribution in [0.4, 0.5) is 4.39 Å². The number of benzene rings is 2. The Labute approximate surface area is 164 Å². The van der Waals surface area contributed by atoms with Crippen molar-refractivity contribution in [3.63, 3.8) is 0 Å². The Morgan fingerprint density at radius 2 is 1.88 bits per heavy atom. The van der Waals surface area contributed by atoms with E-state index in [1.807, 2.05) is 6.07 Å². The molecule has 6 heteroatoms. The van der Waals surface area contributed by atoms with Crippen molar-refractivity contribution < 1.29 is 4.39 Å². The van der Waals surface area contributed by atoms with Gasteiger partial charge in [-0.15, -0.1) is 35.7 Å². The predicted molar refractivity (Wildman–Crippen MR) is 112 cm³/mol. The smallest absolute Gasteiger partial charge is 0.191 e. The quantitative estimate of drug-likeness (QED) is 0.302. The first-order valence-corrected chi connectivity index (χ1v) is 8.67. The molecular formula is C18H23FIN3S. The minimum atomic E-state index is -0.225. The van der Waals surface area contributed by atoms with Crippen molar-refractivity contribution in [2.45, 2.75) is 24.9 Å². The fraction of sp³-hybridized carbons (Fsp3) is 0.278. The molecule has 2 rings (SSSR count). The average Bonchev–Trinajstić information content (AvgIpc) is 2.56. The normalized spacial score (nSPS) is 10.9. The number of hydrogen-bond acceptors (Lipinski definition) is 2. The fourth-order valence-electron chi connectivity index (χ4n) is 2.23. The van der Waals surface area contributed by atoms with Crippen LogP contribution in [0.15, 0.2) is 52.4 Å². The van der Waals surface area contributed by atoms with Crippen LogP contribution in [0.25, 0.3) is 0 Å². The van der Waals surface area contributed by atoms with Crippen LogP contribution in [0.5, 0.6) is 0 Å². The average molecular weight is 459 g/mol. The number of nitrogens with one attached hydrogen (secondary N) is 2. The Morgan fingerprint density at radius 3 is 2.54 bits per heavy atom. The topological polar surface area (TPSA) is 36.4 Å². The van der Waals surface area contributed by atoms with Crippen molar-refractivity contribution in [3.05, 3.63) is 65.0 Å². The summed E-state index contributed by atoms with van der Waals surface area (Å²) < 4.78 is 13.2. The molecule has 0 radical (unpaired) electrons. The number of nitrogens with zero attached hydrogens (tertiary/aromatic N) is 1. The van der Waals surface area contributed by atoms with E-state index in [9.17, 15) is 4.39 Å². The zero-order chi connectivity index (χ0) is 16.7. The maximum Gasteiger partial charge on any atom is 0.191 e. The van der Waals surface area contributed by atoms with Gasteiger partial charge in [0.1, 0.15) is 5.82 Å². The van der Waals surface area contributed by atoms with E-state index in [0.717, 1.165) is 5.56 Å². The number of thioether (sulfide) groups is 1. The summed E-state index contributed by atoms with van der Waals surface area (Å²) in [5.74, 6) is 0.471. The number of aliphatic imine (C=N–C) groups is 1. The van der Waals surface area contributed by atoms with E-state index >= 15 is 0 Å². The van der Waals surface area contributed by atoms with E-state index in [1.54, 1.807) is 24.9 Å². The van der Waals surface area contributed by atoms with Gasteiger partial charge >= 0.3 is 0 Å². The van der Waals surface area contributed by atoms with E-state index < -0.39 is 0 Å². The summed E-state index contributed by atoms with van der Waals surface area (Å²) in [6, 6.07) is 13.0. The summed E-state index contributed by atoms with van der Waals surface area (Å²) in [5.41, 5.74) is 3.37. The molecule has 0 atom stereocenters. The van der Waals surface area contributed by atoms with Crippen LogP contribution in [0.1, 0.15) is 16.7 Å². The second-order valence-electron chi connectivity index (χ2n) is 5.22. The minimum Gasteiger partial charge on any atom is -0.352 e. The lowest BCUT2D eigenvalue weighted by Crippen LogP contribution is -2.36. The largest absolute Gasteiger partial charge is 0.352 e. The number of aryl methyl sites for hydroxylation is 1. The molecule has 2 aromatic carbocycles. The Morgan fingerprint density at radius 1 is 1.12 bits per heavy atom. The lowest BCUT2D eigenvalue weighted by atomic mass is 10.1. The second-order valence-corrected chi connectivity index (χ2v) is 6.07. The third-order valence-electron chi connectivity index (χ3n) is 3.46. The van der Waals surface area contributed by atoms with Crippen molar-refractivity contribution in [3.8, 4) is 0 Å². The van der Waals surface area contributed by atoms with Gasteiger partial charge in [-0.1, -0.05) is 24.3 Å². The maximum absolute atomic E-state index is 13.2. The molecule has 130 valence electrons. The third kappa shape index (κ3) is 6.32. The minimum absolute atomic E-state index is 0. The lowest BCUT2D eigenvalue weighted by Gasteiger charge is -2.14. The van der Waals surface area contributed by atoms with Crippen LogP contribution in [-0.2, 0) is 13.1 Å².